The van der Waals surface area contributed by atoms with Gasteiger partial charge in [-0.05, 0) is 32.4 Å². The zero-order chi connectivity index (χ0) is 7.68. The minimum absolute atomic E-state index is 0.808. The fourth-order valence-corrected chi connectivity index (χ4v) is 2.30. The molecular weight excluding hydrogens is 136 g/mol. The van der Waals surface area contributed by atoms with Gasteiger partial charge in [0.2, 0.25) is 0 Å². The minimum Gasteiger partial charge on any atom is -0.310 e. The lowest BCUT2D eigenvalue weighted by Gasteiger charge is -2.21. The molecule has 2 aliphatic heterocycles. The van der Waals surface area contributed by atoms with Crippen LogP contribution >= 0.6 is 0 Å². The third-order valence-electron chi connectivity index (χ3n) is 3.05. The average Bonchev–Trinajstić information content (AvgIpc) is 2.31. The summed E-state index contributed by atoms with van der Waals surface area (Å²) in [6.07, 6.45) is 4.19. The SMILES string of the molecule is CCN1CCC2CCC(C1)N2. The summed E-state index contributed by atoms with van der Waals surface area (Å²) in [7, 11) is 0. The molecule has 2 unspecified atom stereocenters. The van der Waals surface area contributed by atoms with Crippen LogP contribution in [0.3, 0.4) is 0 Å². The Labute approximate surface area is 69.0 Å². The third-order valence-corrected chi connectivity index (χ3v) is 3.05. The Kier molecular flexibility index (Phi) is 2.14. The lowest BCUT2D eigenvalue weighted by atomic mass is 10.1. The standard InChI is InChI=1S/C9H18N2/c1-2-11-6-5-8-3-4-9(7-11)10-8/h8-10H,2-7H2,1H3. The smallest absolute Gasteiger partial charge is 0.0198 e. The third kappa shape index (κ3) is 1.57. The summed E-state index contributed by atoms with van der Waals surface area (Å²) in [5, 5.41) is 3.68. The van der Waals surface area contributed by atoms with Crippen molar-refractivity contribution >= 4 is 0 Å². The highest BCUT2D eigenvalue weighted by Gasteiger charge is 2.28. The summed E-state index contributed by atoms with van der Waals surface area (Å²) in [6.45, 7) is 6.08. The molecule has 0 aliphatic carbocycles. The van der Waals surface area contributed by atoms with Crippen LogP contribution in [0.4, 0.5) is 0 Å². The van der Waals surface area contributed by atoms with Gasteiger partial charge in [-0.25, -0.2) is 0 Å². The monoisotopic (exact) mass is 154 g/mol. The Morgan fingerprint density at radius 1 is 1.27 bits per heavy atom. The van der Waals surface area contributed by atoms with E-state index < -0.39 is 0 Å². The van der Waals surface area contributed by atoms with Crippen molar-refractivity contribution in [2.45, 2.75) is 38.3 Å². The van der Waals surface area contributed by atoms with Crippen molar-refractivity contribution in [2.24, 2.45) is 0 Å². The molecule has 2 atom stereocenters. The molecule has 0 saturated carbocycles. The molecule has 2 nitrogen and oxygen atoms in total. The van der Waals surface area contributed by atoms with Crippen molar-refractivity contribution in [3.8, 4) is 0 Å². The van der Waals surface area contributed by atoms with Crippen LogP contribution in [-0.4, -0.2) is 36.6 Å². The van der Waals surface area contributed by atoms with Crippen LogP contribution in [-0.2, 0) is 0 Å². The van der Waals surface area contributed by atoms with Crippen LogP contribution in [0.2, 0.25) is 0 Å². The number of hydrogen-bond acceptors (Lipinski definition) is 2. The summed E-state index contributed by atoms with van der Waals surface area (Å²) in [4.78, 5) is 2.57. The number of fused-ring (bicyclic) bond motifs is 2. The lowest BCUT2D eigenvalue weighted by Crippen LogP contribution is -2.35. The van der Waals surface area contributed by atoms with Crippen LogP contribution in [0.15, 0.2) is 0 Å². The number of hydrogen-bond donors (Lipinski definition) is 1. The van der Waals surface area contributed by atoms with Crippen LogP contribution in [0.25, 0.3) is 0 Å². The minimum atomic E-state index is 0.808. The number of likely N-dealkylation sites (N-methyl/N-ethyl adjacent to an activating group) is 1. The van der Waals surface area contributed by atoms with Gasteiger partial charge in [-0.3, -0.25) is 0 Å². The van der Waals surface area contributed by atoms with Crippen LogP contribution in [0, 0.1) is 0 Å². The van der Waals surface area contributed by atoms with E-state index in [1.165, 1.54) is 38.9 Å². The lowest BCUT2D eigenvalue weighted by molar-refractivity contribution is 0.272. The fraction of sp³-hybridized carbons (Fsp3) is 1.00. The molecule has 0 spiro atoms. The van der Waals surface area contributed by atoms with Gasteiger partial charge < -0.3 is 10.2 Å². The van der Waals surface area contributed by atoms with Crippen LogP contribution in [0.5, 0.6) is 0 Å². The van der Waals surface area contributed by atoms with E-state index in [1.54, 1.807) is 0 Å². The molecule has 0 aromatic heterocycles. The van der Waals surface area contributed by atoms with E-state index in [0.29, 0.717) is 0 Å². The highest BCUT2D eigenvalue weighted by atomic mass is 15.2. The van der Waals surface area contributed by atoms with Gasteiger partial charge in [0.25, 0.3) is 0 Å². The Balaban J connectivity index is 1.94. The van der Waals surface area contributed by atoms with Gasteiger partial charge in [0.1, 0.15) is 0 Å². The van der Waals surface area contributed by atoms with E-state index in [-0.39, 0.29) is 0 Å². The van der Waals surface area contributed by atoms with Gasteiger partial charge in [0, 0.05) is 18.6 Å². The van der Waals surface area contributed by atoms with E-state index in [4.69, 9.17) is 0 Å². The first kappa shape index (κ1) is 7.56. The second-order valence-electron chi connectivity index (χ2n) is 3.82. The molecule has 2 bridgehead atoms. The van der Waals surface area contributed by atoms with E-state index in [0.717, 1.165) is 12.1 Å². The normalized spacial score (nSPS) is 39.0. The van der Waals surface area contributed by atoms with Crippen molar-refractivity contribution in [1.29, 1.82) is 0 Å². The van der Waals surface area contributed by atoms with E-state index in [9.17, 15) is 0 Å². The van der Waals surface area contributed by atoms with E-state index in [2.05, 4.69) is 17.1 Å². The molecule has 0 aromatic carbocycles. The van der Waals surface area contributed by atoms with Gasteiger partial charge in [0.05, 0.1) is 0 Å². The quantitative estimate of drug-likeness (QED) is 0.602. The summed E-state index contributed by atoms with van der Waals surface area (Å²) in [6, 6.07) is 1.65. The highest BCUT2D eigenvalue weighted by molar-refractivity contribution is 4.89. The molecule has 0 amide bonds. The van der Waals surface area contributed by atoms with Gasteiger partial charge in [-0.15, -0.1) is 0 Å². The number of nitrogens with one attached hydrogen (secondary N) is 1. The Morgan fingerprint density at radius 2 is 2.09 bits per heavy atom. The fourth-order valence-electron chi connectivity index (χ4n) is 2.30. The largest absolute Gasteiger partial charge is 0.310 e. The molecule has 2 heteroatoms. The Morgan fingerprint density at radius 3 is 2.91 bits per heavy atom. The zero-order valence-electron chi connectivity index (χ0n) is 7.34. The summed E-state index contributed by atoms with van der Waals surface area (Å²) < 4.78 is 0. The molecule has 2 saturated heterocycles. The van der Waals surface area contributed by atoms with Crippen molar-refractivity contribution in [1.82, 2.24) is 10.2 Å². The number of likely N-dealkylation sites (tertiary alicyclic amines) is 1. The topological polar surface area (TPSA) is 15.3 Å². The predicted molar refractivity (Wildman–Crippen MR) is 46.7 cm³/mol. The first-order chi connectivity index (χ1) is 5.38. The highest BCUT2D eigenvalue weighted by Crippen LogP contribution is 2.19. The molecule has 64 valence electrons. The van der Waals surface area contributed by atoms with Crippen molar-refractivity contribution in [3.63, 3.8) is 0 Å². The first-order valence-corrected chi connectivity index (χ1v) is 4.87. The van der Waals surface area contributed by atoms with Crippen LogP contribution < -0.4 is 5.32 Å². The molecule has 0 radical (unpaired) electrons. The zero-order valence-corrected chi connectivity index (χ0v) is 7.34. The Hall–Kier alpha value is -0.0800. The van der Waals surface area contributed by atoms with Crippen LogP contribution in [0.1, 0.15) is 26.2 Å². The molecule has 2 heterocycles. The molecular formula is C9H18N2. The summed E-state index contributed by atoms with van der Waals surface area (Å²) >= 11 is 0. The molecule has 0 aromatic rings. The van der Waals surface area contributed by atoms with E-state index >= 15 is 0 Å². The summed E-state index contributed by atoms with van der Waals surface area (Å²) in [5.41, 5.74) is 0. The summed E-state index contributed by atoms with van der Waals surface area (Å²) in [5.74, 6) is 0. The first-order valence-electron chi connectivity index (χ1n) is 4.87. The van der Waals surface area contributed by atoms with Crippen molar-refractivity contribution in [3.05, 3.63) is 0 Å². The van der Waals surface area contributed by atoms with Gasteiger partial charge in [-0.2, -0.15) is 0 Å². The van der Waals surface area contributed by atoms with Crippen molar-refractivity contribution < 1.29 is 0 Å². The second kappa shape index (κ2) is 3.11. The second-order valence-corrected chi connectivity index (χ2v) is 3.82. The maximum atomic E-state index is 3.68. The Bertz CT molecular complexity index is 136. The molecule has 2 aliphatic rings. The predicted octanol–water partition coefficient (Wildman–Crippen LogP) is 0.833. The number of rotatable bonds is 1. The average molecular weight is 154 g/mol. The van der Waals surface area contributed by atoms with Crippen molar-refractivity contribution in [2.75, 3.05) is 19.6 Å². The molecule has 1 N–H and O–H groups in total. The molecule has 2 fully saturated rings. The maximum absolute atomic E-state index is 3.68. The van der Waals surface area contributed by atoms with Gasteiger partial charge in [0.15, 0.2) is 0 Å². The molecule has 2 rings (SSSR count). The van der Waals surface area contributed by atoms with Gasteiger partial charge in [-0.1, -0.05) is 6.92 Å². The van der Waals surface area contributed by atoms with E-state index in [1.807, 2.05) is 0 Å². The molecule has 11 heavy (non-hydrogen) atoms. The number of nitrogens with zero attached hydrogens (tertiary/aromatic N) is 1. The van der Waals surface area contributed by atoms with Gasteiger partial charge >= 0.3 is 0 Å². The maximum Gasteiger partial charge on any atom is 0.0198 e.